The van der Waals surface area contributed by atoms with Crippen LogP contribution in [0, 0.1) is 0 Å². The summed E-state index contributed by atoms with van der Waals surface area (Å²) in [5.74, 6) is 0.938. The minimum Gasteiger partial charge on any atom is -0.497 e. The summed E-state index contributed by atoms with van der Waals surface area (Å²) in [6.07, 6.45) is 2.62. The van der Waals surface area contributed by atoms with Crippen molar-refractivity contribution in [2.24, 2.45) is 5.10 Å². The van der Waals surface area contributed by atoms with Gasteiger partial charge in [-0.05, 0) is 29.8 Å². The first-order chi connectivity index (χ1) is 13.7. The molecule has 0 radical (unpaired) electrons. The minimum absolute atomic E-state index is 0.0225. The van der Waals surface area contributed by atoms with Gasteiger partial charge in [0, 0.05) is 44.5 Å². The van der Waals surface area contributed by atoms with Crippen molar-refractivity contribution in [1.82, 2.24) is 9.91 Å². The Hall–Kier alpha value is -2.86. The van der Waals surface area contributed by atoms with Crippen molar-refractivity contribution in [2.75, 3.05) is 44.7 Å². The van der Waals surface area contributed by atoms with Gasteiger partial charge in [-0.25, -0.2) is 5.01 Å². The van der Waals surface area contributed by atoms with Crippen LogP contribution < -0.4 is 9.64 Å². The number of benzene rings is 2. The molecule has 1 fully saturated rings. The summed E-state index contributed by atoms with van der Waals surface area (Å²) in [4.78, 5) is 17.4. The highest BCUT2D eigenvalue weighted by Crippen LogP contribution is 2.28. The van der Waals surface area contributed by atoms with Crippen molar-refractivity contribution < 1.29 is 9.53 Å². The number of nitrogens with zero attached hydrogens (tertiary/aromatic N) is 4. The van der Waals surface area contributed by atoms with Crippen LogP contribution in [0.5, 0.6) is 5.75 Å². The van der Waals surface area contributed by atoms with Crippen LogP contribution in [0.25, 0.3) is 0 Å². The van der Waals surface area contributed by atoms with Crippen molar-refractivity contribution in [3.8, 4) is 5.75 Å². The standard InChI is InChI=1S/C22H26N4O2/c1-28-20-9-7-19(8-10-20)25-15-13-24(14-16-25)17-22(27)26-21(11-12-23-26)18-5-3-2-4-6-18/h2-10,12,21H,11,13-17H2,1H3/t21-/m1/s1. The monoisotopic (exact) mass is 378 g/mol. The molecule has 2 heterocycles. The van der Waals surface area contributed by atoms with Gasteiger partial charge in [-0.15, -0.1) is 0 Å². The van der Waals surface area contributed by atoms with E-state index in [1.165, 1.54) is 5.69 Å². The van der Waals surface area contributed by atoms with Crippen LogP contribution in [-0.2, 0) is 4.79 Å². The fourth-order valence-electron chi connectivity index (χ4n) is 3.83. The molecule has 6 heteroatoms. The van der Waals surface area contributed by atoms with Gasteiger partial charge in [-0.2, -0.15) is 5.10 Å². The topological polar surface area (TPSA) is 48.4 Å². The molecule has 0 saturated carbocycles. The molecular weight excluding hydrogens is 352 g/mol. The van der Waals surface area contributed by atoms with Crippen LogP contribution >= 0.6 is 0 Å². The van der Waals surface area contributed by atoms with Crippen molar-refractivity contribution in [3.63, 3.8) is 0 Å². The summed E-state index contributed by atoms with van der Waals surface area (Å²) in [6.45, 7) is 3.96. The van der Waals surface area contributed by atoms with Crippen LogP contribution in [-0.4, -0.2) is 61.9 Å². The number of rotatable bonds is 5. The molecule has 2 aliphatic heterocycles. The van der Waals surface area contributed by atoms with Crippen molar-refractivity contribution in [2.45, 2.75) is 12.5 Å². The van der Waals surface area contributed by atoms with Gasteiger partial charge < -0.3 is 9.64 Å². The molecule has 1 atom stereocenters. The number of carbonyl (C=O) groups excluding carboxylic acids is 1. The largest absolute Gasteiger partial charge is 0.497 e. The zero-order valence-electron chi connectivity index (χ0n) is 16.2. The summed E-state index contributed by atoms with van der Waals surface area (Å²) in [5.41, 5.74) is 2.33. The van der Waals surface area contributed by atoms with E-state index in [1.807, 2.05) is 36.5 Å². The maximum Gasteiger partial charge on any atom is 0.257 e. The molecule has 2 aromatic rings. The van der Waals surface area contributed by atoms with Gasteiger partial charge >= 0.3 is 0 Å². The summed E-state index contributed by atoms with van der Waals surface area (Å²) >= 11 is 0. The molecule has 4 rings (SSSR count). The zero-order chi connectivity index (χ0) is 19.3. The number of carbonyl (C=O) groups is 1. The molecular formula is C22H26N4O2. The Kier molecular flexibility index (Phi) is 5.58. The lowest BCUT2D eigenvalue weighted by atomic mass is 10.0. The number of hydrogen-bond donors (Lipinski definition) is 0. The Morgan fingerprint density at radius 3 is 2.43 bits per heavy atom. The number of hydrazone groups is 1. The number of anilines is 1. The van der Waals surface area contributed by atoms with E-state index in [9.17, 15) is 4.79 Å². The maximum absolute atomic E-state index is 12.9. The molecule has 6 nitrogen and oxygen atoms in total. The maximum atomic E-state index is 12.9. The molecule has 0 aromatic heterocycles. The number of methoxy groups -OCH3 is 1. The van der Waals surface area contributed by atoms with E-state index in [2.05, 4.69) is 39.2 Å². The molecule has 2 aromatic carbocycles. The van der Waals surface area contributed by atoms with Gasteiger partial charge in [0.15, 0.2) is 0 Å². The second-order valence-corrected chi connectivity index (χ2v) is 7.16. The summed E-state index contributed by atoms with van der Waals surface area (Å²) in [6, 6.07) is 18.3. The average Bonchev–Trinajstić information content (AvgIpc) is 3.25. The Morgan fingerprint density at radius 2 is 1.75 bits per heavy atom. The molecule has 1 amide bonds. The molecule has 146 valence electrons. The number of piperazine rings is 1. The van der Waals surface area contributed by atoms with Gasteiger partial charge in [0.25, 0.3) is 5.91 Å². The van der Waals surface area contributed by atoms with Crippen LogP contribution in [0.1, 0.15) is 18.0 Å². The molecule has 28 heavy (non-hydrogen) atoms. The second kappa shape index (κ2) is 8.44. The highest BCUT2D eigenvalue weighted by atomic mass is 16.5. The predicted molar refractivity (Wildman–Crippen MR) is 111 cm³/mol. The van der Waals surface area contributed by atoms with E-state index in [0.29, 0.717) is 6.54 Å². The molecule has 2 aliphatic rings. The summed E-state index contributed by atoms with van der Waals surface area (Å²) in [7, 11) is 1.68. The fourth-order valence-corrected chi connectivity index (χ4v) is 3.83. The quantitative estimate of drug-likeness (QED) is 0.803. The number of ether oxygens (including phenoxy) is 1. The molecule has 0 spiro atoms. The molecule has 1 saturated heterocycles. The SMILES string of the molecule is COc1ccc(N2CCN(CC(=O)N3N=CC[C@@H]3c3ccccc3)CC2)cc1. The van der Waals surface area contributed by atoms with Crippen molar-refractivity contribution in [1.29, 1.82) is 0 Å². The first-order valence-electron chi connectivity index (χ1n) is 9.75. The van der Waals surface area contributed by atoms with E-state index >= 15 is 0 Å². The third kappa shape index (κ3) is 4.02. The smallest absolute Gasteiger partial charge is 0.257 e. The highest BCUT2D eigenvalue weighted by molar-refractivity contribution is 5.81. The zero-order valence-corrected chi connectivity index (χ0v) is 16.2. The van der Waals surface area contributed by atoms with Crippen molar-refractivity contribution in [3.05, 3.63) is 60.2 Å². The Bertz CT molecular complexity index is 814. The van der Waals surface area contributed by atoms with Crippen LogP contribution in [0.15, 0.2) is 59.7 Å². The lowest BCUT2D eigenvalue weighted by Gasteiger charge is -2.36. The van der Waals surface area contributed by atoms with Crippen LogP contribution in [0.2, 0.25) is 0 Å². The molecule has 0 aliphatic carbocycles. The third-order valence-corrected chi connectivity index (χ3v) is 5.44. The van der Waals surface area contributed by atoms with Gasteiger partial charge in [-0.1, -0.05) is 30.3 Å². The van der Waals surface area contributed by atoms with Crippen LogP contribution in [0.4, 0.5) is 5.69 Å². The second-order valence-electron chi connectivity index (χ2n) is 7.16. The molecule has 0 bridgehead atoms. The Labute approximate surface area is 166 Å². The van der Waals surface area contributed by atoms with E-state index in [4.69, 9.17) is 4.74 Å². The van der Waals surface area contributed by atoms with E-state index in [-0.39, 0.29) is 11.9 Å². The fraction of sp³-hybridized carbons (Fsp3) is 0.364. The van der Waals surface area contributed by atoms with Gasteiger partial charge in [0.05, 0.1) is 19.7 Å². The van der Waals surface area contributed by atoms with Crippen molar-refractivity contribution >= 4 is 17.8 Å². The number of amides is 1. The first-order valence-corrected chi connectivity index (χ1v) is 9.75. The van der Waals surface area contributed by atoms with Gasteiger partial charge in [0.1, 0.15) is 5.75 Å². The highest BCUT2D eigenvalue weighted by Gasteiger charge is 2.29. The van der Waals surface area contributed by atoms with E-state index in [1.54, 1.807) is 12.1 Å². The van der Waals surface area contributed by atoms with Crippen LogP contribution in [0.3, 0.4) is 0 Å². The minimum atomic E-state index is 0.0225. The predicted octanol–water partition coefficient (Wildman–Crippen LogP) is 2.78. The lowest BCUT2D eigenvalue weighted by Crippen LogP contribution is -2.49. The summed E-state index contributed by atoms with van der Waals surface area (Å²) < 4.78 is 5.23. The van der Waals surface area contributed by atoms with E-state index in [0.717, 1.165) is 43.9 Å². The Morgan fingerprint density at radius 1 is 1.04 bits per heavy atom. The average molecular weight is 378 g/mol. The van der Waals surface area contributed by atoms with Gasteiger partial charge in [0.2, 0.25) is 0 Å². The Balaban J connectivity index is 1.31. The molecule has 0 N–H and O–H groups in total. The normalized spacial score (nSPS) is 19.8. The lowest BCUT2D eigenvalue weighted by molar-refractivity contribution is -0.134. The van der Waals surface area contributed by atoms with Gasteiger partial charge in [-0.3, -0.25) is 9.69 Å². The van der Waals surface area contributed by atoms with E-state index < -0.39 is 0 Å². The molecule has 0 unspecified atom stereocenters. The summed E-state index contributed by atoms with van der Waals surface area (Å²) in [5, 5.41) is 6.01. The third-order valence-electron chi connectivity index (χ3n) is 5.44. The first kappa shape index (κ1) is 18.5. The number of hydrogen-bond acceptors (Lipinski definition) is 5.